The fourth-order valence-corrected chi connectivity index (χ4v) is 7.03. The van der Waals surface area contributed by atoms with Crippen LogP contribution in [-0.4, -0.2) is 27.9 Å². The summed E-state index contributed by atoms with van der Waals surface area (Å²) >= 11 is 0. The maximum atomic E-state index is 16.7. The van der Waals surface area contributed by atoms with E-state index in [1.54, 1.807) is 12.2 Å². The lowest BCUT2D eigenvalue weighted by molar-refractivity contribution is -0.177. The van der Waals surface area contributed by atoms with Crippen molar-refractivity contribution in [1.82, 2.24) is 0 Å². The quantitative estimate of drug-likeness (QED) is 0.775. The van der Waals surface area contributed by atoms with Crippen molar-refractivity contribution in [3.63, 3.8) is 0 Å². The Morgan fingerprint density at radius 2 is 2.00 bits per heavy atom. The van der Waals surface area contributed by atoms with Crippen LogP contribution in [-0.2, 0) is 9.59 Å². The number of halogens is 1. The average Bonchev–Trinajstić information content (AvgIpc) is 2.78. The predicted octanol–water partition coefficient (Wildman–Crippen LogP) is 3.77. The Morgan fingerprint density at radius 1 is 1.31 bits per heavy atom. The molecule has 3 fully saturated rings. The molecule has 0 unspecified atom stereocenters. The molecular weight excluding hydrogens is 331 g/mol. The van der Waals surface area contributed by atoms with Crippen LogP contribution in [0.4, 0.5) is 4.39 Å². The molecule has 4 aliphatic carbocycles. The molecule has 1 radical (unpaired) electrons. The van der Waals surface area contributed by atoms with E-state index < -0.39 is 27.9 Å². The molecule has 1 N–H and O–H groups in total. The molecule has 0 amide bonds. The second-order valence-corrected chi connectivity index (χ2v) is 9.47. The van der Waals surface area contributed by atoms with Crippen LogP contribution in [0.5, 0.6) is 0 Å². The molecule has 3 nitrogen and oxygen atoms in total. The van der Waals surface area contributed by atoms with E-state index in [0.717, 1.165) is 5.57 Å². The number of alkyl halides is 1. The third-order valence-corrected chi connectivity index (χ3v) is 8.67. The maximum Gasteiger partial charge on any atom is 0.178 e. The lowest BCUT2D eigenvalue weighted by atomic mass is 9.45. The van der Waals surface area contributed by atoms with Gasteiger partial charge in [0.15, 0.2) is 11.6 Å². The summed E-state index contributed by atoms with van der Waals surface area (Å²) in [5.41, 5.74) is -3.45. The van der Waals surface area contributed by atoms with Crippen molar-refractivity contribution in [3.8, 4) is 0 Å². The van der Waals surface area contributed by atoms with Gasteiger partial charge >= 0.3 is 0 Å². The molecule has 141 valence electrons. The molecule has 26 heavy (non-hydrogen) atoms. The minimum Gasteiger partial charge on any atom is -0.381 e. The summed E-state index contributed by atoms with van der Waals surface area (Å²) in [6.07, 6.45) is 7.61. The topological polar surface area (TPSA) is 54.4 Å². The summed E-state index contributed by atoms with van der Waals surface area (Å²) in [6.45, 7) is 9.30. The smallest absolute Gasteiger partial charge is 0.178 e. The summed E-state index contributed by atoms with van der Waals surface area (Å²) in [6, 6.07) is 0. The molecule has 3 saturated carbocycles. The van der Waals surface area contributed by atoms with Gasteiger partial charge in [-0.15, -0.1) is 0 Å². The Kier molecular flexibility index (Phi) is 3.59. The number of carbonyl (C=O) groups is 2. The molecule has 0 saturated heterocycles. The number of hydrogen-bond donors (Lipinski definition) is 1. The van der Waals surface area contributed by atoms with Gasteiger partial charge in [0.2, 0.25) is 0 Å². The minimum absolute atomic E-state index is 0.0589. The molecule has 7 atom stereocenters. The van der Waals surface area contributed by atoms with Crippen LogP contribution >= 0.6 is 0 Å². The summed E-state index contributed by atoms with van der Waals surface area (Å²) < 4.78 is 16.7. The van der Waals surface area contributed by atoms with E-state index >= 15 is 4.39 Å². The van der Waals surface area contributed by atoms with Crippen LogP contribution in [0.2, 0.25) is 0 Å². The Bertz CT molecular complexity index is 754. The van der Waals surface area contributed by atoms with E-state index in [4.69, 9.17) is 0 Å². The van der Waals surface area contributed by atoms with Crippen molar-refractivity contribution in [2.24, 2.45) is 28.6 Å². The number of fused-ring (bicyclic) bond motifs is 5. The van der Waals surface area contributed by atoms with Gasteiger partial charge in [0.05, 0.1) is 0 Å². The van der Waals surface area contributed by atoms with E-state index in [1.807, 2.05) is 20.8 Å². The van der Waals surface area contributed by atoms with Crippen molar-refractivity contribution in [3.05, 3.63) is 30.7 Å². The molecule has 4 aliphatic rings. The van der Waals surface area contributed by atoms with E-state index in [9.17, 15) is 14.7 Å². The van der Waals surface area contributed by atoms with E-state index in [1.165, 1.54) is 6.08 Å². The fraction of sp³-hybridized carbons (Fsp3) is 0.682. The van der Waals surface area contributed by atoms with Crippen molar-refractivity contribution >= 4 is 11.6 Å². The molecule has 0 spiro atoms. The van der Waals surface area contributed by atoms with Crippen molar-refractivity contribution in [2.45, 2.75) is 64.1 Å². The van der Waals surface area contributed by atoms with Gasteiger partial charge in [-0.1, -0.05) is 25.5 Å². The van der Waals surface area contributed by atoms with Crippen LogP contribution in [0.15, 0.2) is 23.8 Å². The zero-order chi connectivity index (χ0) is 19.1. The zero-order valence-corrected chi connectivity index (χ0v) is 15.8. The first kappa shape index (κ1) is 18.1. The number of Topliss-reactive ketones (excluding diaryl/α,β-unsaturated/α-hetero) is 1. The number of rotatable bonds is 1. The number of hydrogen-bond acceptors (Lipinski definition) is 3. The largest absolute Gasteiger partial charge is 0.381 e. The van der Waals surface area contributed by atoms with Crippen molar-refractivity contribution in [1.29, 1.82) is 0 Å². The highest BCUT2D eigenvalue weighted by Crippen LogP contribution is 2.70. The minimum atomic E-state index is -1.48. The SMILES string of the molecule is [CH2]C(=O)[C@@]1(O)[C@@H](C)C[C@H]2[C@@H]3CCC4=CC(=O)C=C[C@]4(C)[C@@]3(F)CC[C@@]21C. The molecule has 0 aromatic heterocycles. The van der Waals surface area contributed by atoms with Crippen LogP contribution in [0.3, 0.4) is 0 Å². The van der Waals surface area contributed by atoms with Crippen molar-refractivity contribution < 1.29 is 19.1 Å². The van der Waals surface area contributed by atoms with Crippen LogP contribution in [0.1, 0.15) is 52.9 Å². The summed E-state index contributed by atoms with van der Waals surface area (Å²) in [5, 5.41) is 11.3. The first-order chi connectivity index (χ1) is 12.0. The molecule has 0 aromatic rings. The molecule has 0 aromatic carbocycles. The predicted molar refractivity (Wildman–Crippen MR) is 96.8 cm³/mol. The number of allylic oxidation sites excluding steroid dienone is 4. The number of ketones is 2. The molecule has 4 heteroatoms. The number of aliphatic hydroxyl groups is 1. The second kappa shape index (κ2) is 5.15. The van der Waals surface area contributed by atoms with Gasteiger partial charge in [-0.2, -0.15) is 0 Å². The standard InChI is InChI=1S/C22H28FO3/c1-13-11-18-17-6-5-15-12-16(25)7-8-19(15,3)21(17,23)10-9-20(18,4)22(13,26)14(2)24/h7-8,12-13,17-18,26H,2,5-6,9-11H2,1,3-4H3/t13-,17-,18-,19-,20-,21+,22-/m0/s1. The summed E-state index contributed by atoms with van der Waals surface area (Å²) in [5.74, 6) is -1.01. The fourth-order valence-electron chi connectivity index (χ4n) is 7.03. The molecule has 0 heterocycles. The highest BCUT2D eigenvalue weighted by Gasteiger charge is 2.72. The normalized spacial score (nSPS) is 52.8. The monoisotopic (exact) mass is 359 g/mol. The highest BCUT2D eigenvalue weighted by molar-refractivity contribution is 6.01. The Balaban J connectivity index is 1.80. The summed E-state index contributed by atoms with van der Waals surface area (Å²) in [7, 11) is 0. The van der Waals surface area contributed by atoms with Crippen molar-refractivity contribution in [2.75, 3.05) is 0 Å². The van der Waals surface area contributed by atoms with E-state index in [-0.39, 0.29) is 23.5 Å². The highest BCUT2D eigenvalue weighted by atomic mass is 19.1. The van der Waals surface area contributed by atoms with Crippen LogP contribution < -0.4 is 0 Å². The lowest BCUT2D eigenvalue weighted by Crippen LogP contribution is -2.63. The second-order valence-electron chi connectivity index (χ2n) is 9.47. The van der Waals surface area contributed by atoms with E-state index in [0.29, 0.717) is 32.1 Å². The maximum absolute atomic E-state index is 16.7. The Labute approximate surface area is 154 Å². The van der Waals surface area contributed by atoms with Crippen LogP contribution in [0, 0.1) is 35.5 Å². The van der Waals surface area contributed by atoms with Gasteiger partial charge in [0.1, 0.15) is 11.3 Å². The van der Waals surface area contributed by atoms with Gasteiger partial charge in [-0.25, -0.2) is 4.39 Å². The number of carbonyl (C=O) groups excluding carboxylic acids is 2. The molecule has 0 aliphatic heterocycles. The third-order valence-electron chi connectivity index (χ3n) is 8.67. The Morgan fingerprint density at radius 3 is 2.65 bits per heavy atom. The van der Waals surface area contributed by atoms with Gasteiger partial charge in [0.25, 0.3) is 0 Å². The van der Waals surface area contributed by atoms with Gasteiger partial charge in [-0.05, 0) is 68.9 Å². The summed E-state index contributed by atoms with van der Waals surface area (Å²) in [4.78, 5) is 24.1. The first-order valence-electron chi connectivity index (χ1n) is 9.72. The van der Waals surface area contributed by atoms with Gasteiger partial charge in [0, 0.05) is 17.8 Å². The van der Waals surface area contributed by atoms with Crippen LogP contribution in [0.25, 0.3) is 0 Å². The average molecular weight is 359 g/mol. The molecule has 0 bridgehead atoms. The molecule has 4 rings (SSSR count). The van der Waals surface area contributed by atoms with E-state index in [2.05, 4.69) is 6.92 Å². The molecular formula is C22H28FO3. The first-order valence-corrected chi connectivity index (χ1v) is 9.72. The van der Waals surface area contributed by atoms with Gasteiger partial charge < -0.3 is 5.11 Å². The third kappa shape index (κ3) is 1.82. The zero-order valence-electron chi connectivity index (χ0n) is 15.8. The van der Waals surface area contributed by atoms with Gasteiger partial charge in [-0.3, -0.25) is 9.59 Å². The lowest BCUT2D eigenvalue weighted by Gasteiger charge is -2.60. The Hall–Kier alpha value is -1.29.